The zero-order valence-corrected chi connectivity index (χ0v) is 10.8. The van der Waals surface area contributed by atoms with Crippen LogP contribution in [0.1, 0.15) is 46.5 Å². The van der Waals surface area contributed by atoms with Crippen LogP contribution in [-0.2, 0) is 0 Å². The van der Waals surface area contributed by atoms with Gasteiger partial charge in [0.25, 0.3) is 0 Å². The van der Waals surface area contributed by atoms with Crippen molar-refractivity contribution in [1.82, 2.24) is 5.32 Å². The van der Waals surface area contributed by atoms with E-state index >= 15 is 0 Å². The van der Waals surface area contributed by atoms with E-state index in [1.165, 1.54) is 25.7 Å². The molecule has 0 aromatic rings. The highest BCUT2D eigenvalue weighted by Gasteiger charge is 2.36. The molecule has 1 rings (SSSR count). The van der Waals surface area contributed by atoms with Gasteiger partial charge in [0.15, 0.2) is 0 Å². The van der Waals surface area contributed by atoms with Gasteiger partial charge in [-0.1, -0.05) is 26.8 Å². The first kappa shape index (κ1) is 12.8. The van der Waals surface area contributed by atoms with Crippen LogP contribution in [0.4, 0.5) is 0 Å². The van der Waals surface area contributed by atoms with Crippen molar-refractivity contribution < 1.29 is 0 Å². The Balaban J connectivity index is 2.67. The summed E-state index contributed by atoms with van der Waals surface area (Å²) in [6.07, 6.45) is 7.31. The Bertz CT molecular complexity index is 202. The van der Waals surface area contributed by atoms with Gasteiger partial charge in [0.2, 0.25) is 0 Å². The first-order chi connectivity index (χ1) is 6.99. The highest BCUT2D eigenvalue weighted by molar-refractivity contribution is 4.91. The summed E-state index contributed by atoms with van der Waals surface area (Å²) >= 11 is 0. The molecule has 0 aromatic carbocycles. The molecule has 88 valence electrons. The molecule has 3 atom stereocenters. The minimum absolute atomic E-state index is 0.451. The van der Waals surface area contributed by atoms with Crippen LogP contribution in [0.2, 0.25) is 0 Å². The predicted octanol–water partition coefficient (Wildman–Crippen LogP) is 3.61. The maximum absolute atomic E-state index is 3.90. The normalized spacial score (nSPS) is 32.7. The molecule has 1 aliphatic carbocycles. The fraction of sp³-hybridized carbons (Fsp3) is 0.857. The molecule has 0 aromatic heterocycles. The van der Waals surface area contributed by atoms with Crippen molar-refractivity contribution in [3.05, 3.63) is 12.7 Å². The summed E-state index contributed by atoms with van der Waals surface area (Å²) in [5.41, 5.74) is 0.451. The Morgan fingerprint density at radius 3 is 2.47 bits per heavy atom. The maximum Gasteiger partial charge on any atom is 0.00670 e. The van der Waals surface area contributed by atoms with Crippen molar-refractivity contribution in [2.75, 3.05) is 7.05 Å². The third-order valence-electron chi connectivity index (χ3n) is 3.97. The molecule has 0 aliphatic heterocycles. The first-order valence-electron chi connectivity index (χ1n) is 6.27. The number of nitrogens with one attached hydrogen (secondary N) is 1. The number of hydrogen-bond donors (Lipinski definition) is 1. The van der Waals surface area contributed by atoms with E-state index in [1.807, 2.05) is 0 Å². The summed E-state index contributed by atoms with van der Waals surface area (Å²) in [7, 11) is 2.09. The Labute approximate surface area is 95.3 Å². The third-order valence-corrected chi connectivity index (χ3v) is 3.97. The van der Waals surface area contributed by atoms with Gasteiger partial charge in [0.1, 0.15) is 0 Å². The van der Waals surface area contributed by atoms with E-state index in [9.17, 15) is 0 Å². The van der Waals surface area contributed by atoms with E-state index in [2.05, 4.69) is 45.8 Å². The molecule has 1 saturated carbocycles. The number of allylic oxidation sites excluding steroid dienone is 1. The van der Waals surface area contributed by atoms with Gasteiger partial charge in [-0.3, -0.25) is 0 Å². The van der Waals surface area contributed by atoms with Crippen LogP contribution in [0, 0.1) is 17.3 Å². The van der Waals surface area contributed by atoms with Crippen molar-refractivity contribution in [1.29, 1.82) is 0 Å². The SMILES string of the molecule is C=CCC1CC(NC)CCC1C(C)(C)C. The standard InChI is InChI=1S/C14H27N/c1-6-7-11-10-12(15-5)8-9-13(11)14(2,3)4/h6,11-13,15H,1,7-10H2,2-5H3. The number of rotatable bonds is 3. The van der Waals surface area contributed by atoms with E-state index < -0.39 is 0 Å². The van der Waals surface area contributed by atoms with Crippen LogP contribution < -0.4 is 5.32 Å². The molecule has 0 heterocycles. The highest BCUT2D eigenvalue weighted by atomic mass is 14.9. The van der Waals surface area contributed by atoms with Crippen LogP contribution in [0.15, 0.2) is 12.7 Å². The Kier molecular flexibility index (Phi) is 4.39. The third kappa shape index (κ3) is 3.34. The van der Waals surface area contributed by atoms with E-state index in [0.717, 1.165) is 17.9 Å². The summed E-state index contributed by atoms with van der Waals surface area (Å²) < 4.78 is 0. The lowest BCUT2D eigenvalue weighted by Gasteiger charge is -2.43. The maximum atomic E-state index is 3.90. The van der Waals surface area contributed by atoms with Crippen LogP contribution in [0.5, 0.6) is 0 Å². The van der Waals surface area contributed by atoms with Crippen LogP contribution in [-0.4, -0.2) is 13.1 Å². The lowest BCUT2D eigenvalue weighted by atomic mass is 9.64. The minimum Gasteiger partial charge on any atom is -0.317 e. The van der Waals surface area contributed by atoms with Crippen LogP contribution >= 0.6 is 0 Å². The predicted molar refractivity (Wildman–Crippen MR) is 67.9 cm³/mol. The summed E-state index contributed by atoms with van der Waals surface area (Å²) in [5, 5.41) is 3.43. The minimum atomic E-state index is 0.451. The van der Waals surface area contributed by atoms with Crippen molar-refractivity contribution in [2.45, 2.75) is 52.5 Å². The molecule has 1 N–H and O–H groups in total. The van der Waals surface area contributed by atoms with E-state index in [4.69, 9.17) is 0 Å². The second kappa shape index (κ2) is 5.16. The van der Waals surface area contributed by atoms with Crippen molar-refractivity contribution in [3.63, 3.8) is 0 Å². The van der Waals surface area contributed by atoms with Gasteiger partial charge in [0, 0.05) is 6.04 Å². The second-order valence-corrected chi connectivity index (χ2v) is 6.06. The molecule has 0 amide bonds. The average Bonchev–Trinajstić information content (AvgIpc) is 2.16. The van der Waals surface area contributed by atoms with Gasteiger partial charge in [0.05, 0.1) is 0 Å². The second-order valence-electron chi connectivity index (χ2n) is 6.06. The topological polar surface area (TPSA) is 12.0 Å². The van der Waals surface area contributed by atoms with E-state index in [1.54, 1.807) is 0 Å². The van der Waals surface area contributed by atoms with Gasteiger partial charge >= 0.3 is 0 Å². The molecule has 3 unspecified atom stereocenters. The molecule has 0 spiro atoms. The summed E-state index contributed by atoms with van der Waals surface area (Å²) in [6.45, 7) is 11.0. The van der Waals surface area contributed by atoms with Gasteiger partial charge in [-0.05, 0) is 50.0 Å². The molecule has 1 fully saturated rings. The Hall–Kier alpha value is -0.300. The van der Waals surface area contributed by atoms with Crippen LogP contribution in [0.3, 0.4) is 0 Å². The largest absolute Gasteiger partial charge is 0.317 e. The molecule has 15 heavy (non-hydrogen) atoms. The molecule has 0 saturated heterocycles. The fourth-order valence-electron chi connectivity index (χ4n) is 3.14. The summed E-state index contributed by atoms with van der Waals surface area (Å²) in [6, 6.07) is 0.730. The number of hydrogen-bond acceptors (Lipinski definition) is 1. The molecular formula is C14H27N. The zero-order chi connectivity index (χ0) is 11.5. The smallest absolute Gasteiger partial charge is 0.00670 e. The van der Waals surface area contributed by atoms with Crippen LogP contribution in [0.25, 0.3) is 0 Å². The first-order valence-corrected chi connectivity index (χ1v) is 6.27. The van der Waals surface area contributed by atoms with Gasteiger partial charge < -0.3 is 5.32 Å². The fourth-order valence-corrected chi connectivity index (χ4v) is 3.14. The summed E-state index contributed by atoms with van der Waals surface area (Å²) in [5.74, 6) is 1.69. The molecule has 1 heteroatoms. The van der Waals surface area contributed by atoms with Crippen molar-refractivity contribution >= 4 is 0 Å². The molecular weight excluding hydrogens is 182 g/mol. The molecule has 0 radical (unpaired) electrons. The van der Waals surface area contributed by atoms with Gasteiger partial charge in [-0.25, -0.2) is 0 Å². The Morgan fingerprint density at radius 2 is 2.00 bits per heavy atom. The molecule has 0 bridgehead atoms. The van der Waals surface area contributed by atoms with Gasteiger partial charge in [-0.2, -0.15) is 0 Å². The zero-order valence-electron chi connectivity index (χ0n) is 10.8. The molecule has 1 aliphatic rings. The molecule has 1 nitrogen and oxygen atoms in total. The quantitative estimate of drug-likeness (QED) is 0.700. The Morgan fingerprint density at radius 1 is 1.33 bits per heavy atom. The van der Waals surface area contributed by atoms with Crippen molar-refractivity contribution in [2.24, 2.45) is 17.3 Å². The van der Waals surface area contributed by atoms with E-state index in [-0.39, 0.29) is 0 Å². The highest BCUT2D eigenvalue weighted by Crippen LogP contribution is 2.43. The van der Waals surface area contributed by atoms with Crippen molar-refractivity contribution in [3.8, 4) is 0 Å². The van der Waals surface area contributed by atoms with Gasteiger partial charge in [-0.15, -0.1) is 6.58 Å². The lowest BCUT2D eigenvalue weighted by Crippen LogP contribution is -2.40. The summed E-state index contributed by atoms with van der Waals surface area (Å²) in [4.78, 5) is 0. The lowest BCUT2D eigenvalue weighted by molar-refractivity contribution is 0.0935. The van der Waals surface area contributed by atoms with E-state index in [0.29, 0.717) is 5.41 Å². The monoisotopic (exact) mass is 209 g/mol. The average molecular weight is 209 g/mol.